The molecule has 9 N–H and O–H groups in total. The molecule has 1 fully saturated rings. The van der Waals surface area contributed by atoms with Crippen LogP contribution in [0.5, 0.6) is 0 Å². The normalized spacial score (nSPS) is 24.1. The van der Waals surface area contributed by atoms with Gasteiger partial charge in [0, 0.05) is 16.6 Å². The molecule has 1 aliphatic heterocycles. The van der Waals surface area contributed by atoms with Crippen molar-refractivity contribution in [2.45, 2.75) is 49.6 Å². The van der Waals surface area contributed by atoms with Crippen LogP contribution in [0.25, 0.3) is 22.3 Å². The maximum atomic E-state index is 12.1. The number of methoxy groups -OCH3 is 1. The van der Waals surface area contributed by atoms with Crippen molar-refractivity contribution in [1.29, 1.82) is 0 Å². The molecule has 20 nitrogen and oxygen atoms in total. The molecular formula is C20H27N10O10P. The van der Waals surface area contributed by atoms with Gasteiger partial charge in [0.25, 0.3) is 12.0 Å². The number of anilines is 2. The standard InChI is InChI=1S/C20H27N10O10P/c1-36-10-9(31)6(38-17(10)30-5-26-8-14(30)27-19(22)28-15(8)32)2-37-20(35)39-11(18(34)40-41)16(33)29-4-25-7-12(21)23-3-24-13(7)29/h3-6,9-11,16-18,20,31,33-35H,2,41H2,1H3,(H2,21,23,24)(H3,22,27,28,32). The van der Waals surface area contributed by atoms with Crippen molar-refractivity contribution in [2.75, 3.05) is 25.2 Å². The lowest BCUT2D eigenvalue weighted by Gasteiger charge is -2.29. The van der Waals surface area contributed by atoms with Crippen LogP contribution in [-0.4, -0.2) is 110 Å². The number of rotatable bonds is 11. The first-order chi connectivity index (χ1) is 19.6. The number of fused-ring (bicyclic) bond motifs is 2. The molecule has 0 aromatic carbocycles. The second-order valence-electron chi connectivity index (χ2n) is 8.80. The zero-order chi connectivity index (χ0) is 29.4. The molecule has 41 heavy (non-hydrogen) atoms. The molecule has 222 valence electrons. The van der Waals surface area contributed by atoms with E-state index in [-0.39, 0.29) is 34.1 Å². The highest BCUT2D eigenvalue weighted by atomic mass is 31.0. The van der Waals surface area contributed by atoms with Crippen LogP contribution in [-0.2, 0) is 23.5 Å². The summed E-state index contributed by atoms with van der Waals surface area (Å²) in [5, 5.41) is 42.5. The fourth-order valence-electron chi connectivity index (χ4n) is 4.40. The lowest BCUT2D eigenvalue weighted by Crippen LogP contribution is -2.42. The van der Waals surface area contributed by atoms with Gasteiger partial charge in [-0.3, -0.25) is 18.9 Å². The van der Waals surface area contributed by atoms with Gasteiger partial charge in [0.1, 0.15) is 30.2 Å². The molecule has 0 aliphatic carbocycles. The minimum absolute atomic E-state index is 0.00468. The number of aromatic amines is 1. The first kappa shape index (κ1) is 29.1. The predicted octanol–water partition coefficient (Wildman–Crippen LogP) is -3.31. The Morgan fingerprint density at radius 3 is 2.63 bits per heavy atom. The number of ether oxygens (including phenoxy) is 4. The van der Waals surface area contributed by atoms with Crippen LogP contribution in [0.15, 0.2) is 23.8 Å². The van der Waals surface area contributed by atoms with Crippen LogP contribution in [0.1, 0.15) is 12.5 Å². The smallest absolute Gasteiger partial charge is 0.280 e. The predicted molar refractivity (Wildman–Crippen MR) is 138 cm³/mol. The second kappa shape index (κ2) is 11.8. The lowest BCUT2D eigenvalue weighted by atomic mass is 10.1. The number of nitrogens with zero attached hydrogens (tertiary/aromatic N) is 7. The first-order valence-corrected chi connectivity index (χ1v) is 12.3. The Bertz CT molecular complexity index is 1570. The molecule has 0 radical (unpaired) electrons. The molecule has 4 aromatic rings. The molecule has 0 spiro atoms. The SMILES string of the molecule is COC1C(O)C(COC(O)OC(C(O)OP)C(O)n2cnc3c(N)ncnc32)OC1n1cnc2c(=O)[nH]c(N)nc21. The highest BCUT2D eigenvalue weighted by Gasteiger charge is 2.46. The highest BCUT2D eigenvalue weighted by molar-refractivity contribution is 7.09. The van der Waals surface area contributed by atoms with Crippen LogP contribution in [0.4, 0.5) is 11.8 Å². The maximum absolute atomic E-state index is 12.1. The molecule has 1 saturated heterocycles. The Labute approximate surface area is 231 Å². The van der Waals surface area contributed by atoms with Crippen LogP contribution in [0.2, 0.25) is 0 Å². The topological polar surface area (TPSA) is 286 Å². The molecular weight excluding hydrogens is 571 g/mol. The van der Waals surface area contributed by atoms with E-state index in [4.69, 9.17) is 34.9 Å². The average molecular weight is 598 g/mol. The number of nitrogens with two attached hydrogens (primary N) is 2. The van der Waals surface area contributed by atoms with E-state index >= 15 is 0 Å². The Hall–Kier alpha value is -3.43. The number of nitrogens with one attached hydrogen (secondary N) is 1. The van der Waals surface area contributed by atoms with Gasteiger partial charge in [0.05, 0.1) is 19.3 Å². The van der Waals surface area contributed by atoms with Gasteiger partial charge in [-0.1, -0.05) is 0 Å². The summed E-state index contributed by atoms with van der Waals surface area (Å²) in [5.74, 6) is -0.0907. The second-order valence-corrected chi connectivity index (χ2v) is 9.07. The van der Waals surface area contributed by atoms with E-state index in [2.05, 4.69) is 29.9 Å². The van der Waals surface area contributed by atoms with Crippen molar-refractivity contribution >= 4 is 43.6 Å². The fourth-order valence-corrected chi connectivity index (χ4v) is 4.55. The van der Waals surface area contributed by atoms with Crippen molar-refractivity contribution in [2.24, 2.45) is 0 Å². The molecule has 0 bridgehead atoms. The van der Waals surface area contributed by atoms with Crippen molar-refractivity contribution in [1.82, 2.24) is 39.0 Å². The summed E-state index contributed by atoms with van der Waals surface area (Å²) in [4.78, 5) is 34.5. The number of nitrogen functional groups attached to an aromatic ring is 2. The Morgan fingerprint density at radius 1 is 1.15 bits per heavy atom. The molecule has 21 heteroatoms. The van der Waals surface area contributed by atoms with Gasteiger partial charge in [-0.25, -0.2) is 19.9 Å². The van der Waals surface area contributed by atoms with E-state index in [0.717, 1.165) is 10.9 Å². The van der Waals surface area contributed by atoms with Crippen molar-refractivity contribution in [3.05, 3.63) is 29.3 Å². The molecule has 0 saturated carbocycles. The number of aliphatic hydroxyl groups excluding tert-OH is 4. The summed E-state index contributed by atoms with van der Waals surface area (Å²) in [6.07, 6.45) is -5.83. The molecule has 9 atom stereocenters. The Morgan fingerprint density at radius 2 is 1.90 bits per heavy atom. The fraction of sp³-hybridized carbons (Fsp3) is 0.500. The van der Waals surface area contributed by atoms with Gasteiger partial charge in [0.15, 0.2) is 47.5 Å². The molecule has 9 unspecified atom stereocenters. The van der Waals surface area contributed by atoms with Gasteiger partial charge < -0.3 is 55.4 Å². The number of H-pyrrole nitrogens is 1. The molecule has 1 aliphatic rings. The van der Waals surface area contributed by atoms with Crippen molar-refractivity contribution < 1.29 is 43.9 Å². The Balaban J connectivity index is 1.28. The zero-order valence-corrected chi connectivity index (χ0v) is 22.3. The molecule has 5 heterocycles. The van der Waals surface area contributed by atoms with Gasteiger partial charge in [-0.2, -0.15) is 4.98 Å². The number of hydrogen-bond acceptors (Lipinski definition) is 17. The van der Waals surface area contributed by atoms with E-state index in [9.17, 15) is 25.2 Å². The van der Waals surface area contributed by atoms with Crippen molar-refractivity contribution in [3.8, 4) is 0 Å². The third kappa shape index (κ3) is 5.45. The maximum Gasteiger partial charge on any atom is 0.280 e. The third-order valence-electron chi connectivity index (χ3n) is 6.37. The number of aromatic nitrogens is 8. The summed E-state index contributed by atoms with van der Waals surface area (Å²) >= 11 is 0. The van der Waals surface area contributed by atoms with Gasteiger partial charge in [-0.15, -0.1) is 0 Å². The molecule has 0 amide bonds. The summed E-state index contributed by atoms with van der Waals surface area (Å²) in [6.45, 7) is -2.50. The average Bonchev–Trinajstić information content (AvgIpc) is 3.65. The summed E-state index contributed by atoms with van der Waals surface area (Å²) in [6, 6.07) is 0. The first-order valence-electron chi connectivity index (χ1n) is 11.8. The van der Waals surface area contributed by atoms with Gasteiger partial charge >= 0.3 is 0 Å². The van der Waals surface area contributed by atoms with Gasteiger partial charge in [-0.05, 0) is 0 Å². The summed E-state index contributed by atoms with van der Waals surface area (Å²) in [5.41, 5.74) is 11.3. The minimum Gasteiger partial charge on any atom is -0.387 e. The highest BCUT2D eigenvalue weighted by Crippen LogP contribution is 2.33. The number of aliphatic hydroxyl groups is 4. The number of hydrogen-bond donors (Lipinski definition) is 7. The van der Waals surface area contributed by atoms with E-state index < -0.39 is 61.8 Å². The van der Waals surface area contributed by atoms with E-state index in [1.54, 1.807) is 9.47 Å². The summed E-state index contributed by atoms with van der Waals surface area (Å²) < 4.78 is 29.2. The quantitative estimate of drug-likeness (QED) is 0.0657. The molecule has 5 rings (SSSR count). The van der Waals surface area contributed by atoms with Crippen LogP contribution in [0, 0.1) is 0 Å². The van der Waals surface area contributed by atoms with Crippen LogP contribution < -0.4 is 17.0 Å². The van der Waals surface area contributed by atoms with E-state index in [1.807, 2.05) is 0 Å². The van der Waals surface area contributed by atoms with Gasteiger partial charge in [0.2, 0.25) is 5.95 Å². The lowest BCUT2D eigenvalue weighted by molar-refractivity contribution is -0.328. The van der Waals surface area contributed by atoms with Crippen molar-refractivity contribution in [3.63, 3.8) is 0 Å². The largest absolute Gasteiger partial charge is 0.387 e. The third-order valence-corrected chi connectivity index (χ3v) is 6.65. The van der Waals surface area contributed by atoms with E-state index in [0.29, 0.717) is 0 Å². The zero-order valence-electron chi connectivity index (χ0n) is 21.2. The van der Waals surface area contributed by atoms with Crippen LogP contribution >= 0.6 is 9.47 Å². The minimum atomic E-state index is -2.05. The van der Waals surface area contributed by atoms with E-state index in [1.165, 1.54) is 24.3 Å². The molecule has 4 aromatic heterocycles. The van der Waals surface area contributed by atoms with Crippen LogP contribution in [0.3, 0.4) is 0 Å². The Kier molecular flexibility index (Phi) is 8.38. The number of imidazole rings is 2. The summed E-state index contributed by atoms with van der Waals surface area (Å²) in [7, 11) is 3.15. The monoisotopic (exact) mass is 598 g/mol.